The molecule has 0 spiro atoms. The highest BCUT2D eigenvalue weighted by atomic mass is 16.4. The highest BCUT2D eigenvalue weighted by Crippen LogP contribution is 2.25. The minimum Gasteiger partial charge on any atom is -0.465 e. The lowest BCUT2D eigenvalue weighted by molar-refractivity contribution is 0.0694. The van der Waals surface area contributed by atoms with Crippen LogP contribution in [-0.2, 0) is 7.05 Å². The van der Waals surface area contributed by atoms with Gasteiger partial charge in [0.25, 0.3) is 11.8 Å². The van der Waals surface area contributed by atoms with Crippen molar-refractivity contribution >= 4 is 40.3 Å². The van der Waals surface area contributed by atoms with Gasteiger partial charge in [-0.05, 0) is 49.6 Å². The predicted molar refractivity (Wildman–Crippen MR) is 111 cm³/mol. The third kappa shape index (κ3) is 4.00. The average Bonchev–Trinajstić information content (AvgIpc) is 3.30. The molecule has 1 fully saturated rings. The van der Waals surface area contributed by atoms with Crippen LogP contribution in [0.1, 0.15) is 40.3 Å². The molecular formula is C21H22N4O5. The SMILES string of the molecule is Cn1cc(NC(=O)O)cc1C(=O)Nc1ccc2oc(C(=O)N3CCCCC3)cc2c1. The Morgan fingerprint density at radius 1 is 1.00 bits per heavy atom. The number of hydrogen-bond donors (Lipinski definition) is 3. The van der Waals surface area contributed by atoms with E-state index >= 15 is 0 Å². The van der Waals surface area contributed by atoms with Crippen LogP contribution < -0.4 is 10.6 Å². The van der Waals surface area contributed by atoms with E-state index in [1.54, 1.807) is 31.3 Å². The maximum Gasteiger partial charge on any atom is 0.409 e. The number of rotatable bonds is 4. The second-order valence-electron chi connectivity index (χ2n) is 7.33. The third-order valence-electron chi connectivity index (χ3n) is 5.12. The smallest absolute Gasteiger partial charge is 0.409 e. The molecule has 4 rings (SSSR count). The second-order valence-corrected chi connectivity index (χ2v) is 7.33. The van der Waals surface area contributed by atoms with Crippen LogP contribution in [0.4, 0.5) is 16.2 Å². The number of carbonyl (C=O) groups excluding carboxylic acids is 2. The molecule has 3 N–H and O–H groups in total. The molecule has 3 heterocycles. The van der Waals surface area contributed by atoms with Crippen LogP contribution in [0.25, 0.3) is 11.0 Å². The summed E-state index contributed by atoms with van der Waals surface area (Å²) in [5, 5.41) is 14.5. The Morgan fingerprint density at radius 3 is 2.50 bits per heavy atom. The number of likely N-dealkylation sites (tertiary alicyclic amines) is 1. The predicted octanol–water partition coefficient (Wildman–Crippen LogP) is 3.74. The van der Waals surface area contributed by atoms with Gasteiger partial charge in [-0.3, -0.25) is 14.9 Å². The van der Waals surface area contributed by atoms with Gasteiger partial charge in [-0.25, -0.2) is 4.79 Å². The van der Waals surface area contributed by atoms with E-state index in [0.717, 1.165) is 32.4 Å². The molecule has 0 unspecified atom stereocenters. The van der Waals surface area contributed by atoms with Crippen molar-refractivity contribution in [2.75, 3.05) is 23.7 Å². The quantitative estimate of drug-likeness (QED) is 0.606. The molecule has 1 aromatic carbocycles. The minimum atomic E-state index is -1.20. The number of fused-ring (bicyclic) bond motifs is 1. The molecule has 0 saturated carbocycles. The summed E-state index contributed by atoms with van der Waals surface area (Å²) in [5.74, 6) is -0.204. The molecule has 1 aliphatic heterocycles. The van der Waals surface area contributed by atoms with E-state index in [1.807, 2.05) is 4.90 Å². The number of carbonyl (C=O) groups is 3. The van der Waals surface area contributed by atoms with Crippen molar-refractivity contribution in [3.8, 4) is 0 Å². The molecule has 1 saturated heterocycles. The van der Waals surface area contributed by atoms with Gasteiger partial charge in [0.1, 0.15) is 11.3 Å². The molecule has 9 nitrogen and oxygen atoms in total. The third-order valence-corrected chi connectivity index (χ3v) is 5.12. The zero-order valence-electron chi connectivity index (χ0n) is 16.5. The first kappa shape index (κ1) is 19.6. The first-order chi connectivity index (χ1) is 14.4. The number of aryl methyl sites for hydroxylation is 1. The first-order valence-corrected chi connectivity index (χ1v) is 9.71. The zero-order valence-corrected chi connectivity index (χ0v) is 16.5. The van der Waals surface area contributed by atoms with E-state index in [-0.39, 0.29) is 11.8 Å². The van der Waals surface area contributed by atoms with E-state index in [4.69, 9.17) is 9.52 Å². The monoisotopic (exact) mass is 410 g/mol. The number of aromatic nitrogens is 1. The summed E-state index contributed by atoms with van der Waals surface area (Å²) in [6.07, 6.45) is 3.46. The highest BCUT2D eigenvalue weighted by Gasteiger charge is 2.22. The molecule has 0 aliphatic carbocycles. The Hall–Kier alpha value is -3.75. The van der Waals surface area contributed by atoms with Gasteiger partial charge in [0.05, 0.1) is 5.69 Å². The molecule has 0 bridgehead atoms. The number of anilines is 2. The van der Waals surface area contributed by atoms with Crippen molar-refractivity contribution in [2.45, 2.75) is 19.3 Å². The standard InChI is InChI=1S/C21H22N4O5/c1-24-12-15(23-21(28)29)11-16(24)19(26)22-14-5-6-17-13(9-14)10-18(30-17)20(27)25-7-3-2-4-8-25/h5-6,9-12,23H,2-4,7-8H2,1H3,(H,22,26)(H,28,29). The van der Waals surface area contributed by atoms with Crippen molar-refractivity contribution in [1.29, 1.82) is 0 Å². The lowest BCUT2D eigenvalue weighted by atomic mass is 10.1. The summed E-state index contributed by atoms with van der Waals surface area (Å²) in [4.78, 5) is 37.8. The molecule has 9 heteroatoms. The number of carboxylic acid groups (broad SMARTS) is 1. The van der Waals surface area contributed by atoms with Crippen molar-refractivity contribution < 1.29 is 23.9 Å². The van der Waals surface area contributed by atoms with E-state index < -0.39 is 6.09 Å². The number of hydrogen-bond acceptors (Lipinski definition) is 4. The van der Waals surface area contributed by atoms with E-state index in [1.165, 1.54) is 16.8 Å². The molecule has 0 atom stereocenters. The van der Waals surface area contributed by atoms with E-state index in [0.29, 0.717) is 33.8 Å². The highest BCUT2D eigenvalue weighted by molar-refractivity contribution is 6.05. The summed E-state index contributed by atoms with van der Waals surface area (Å²) in [6, 6.07) is 8.29. The summed E-state index contributed by atoms with van der Waals surface area (Å²) in [7, 11) is 1.65. The van der Waals surface area contributed by atoms with Crippen LogP contribution in [0.2, 0.25) is 0 Å². The Bertz CT molecular complexity index is 1120. The van der Waals surface area contributed by atoms with Gasteiger partial charge in [0.2, 0.25) is 0 Å². The molecule has 1 aliphatic rings. The lowest BCUT2D eigenvalue weighted by Gasteiger charge is -2.25. The fraction of sp³-hybridized carbons (Fsp3) is 0.286. The largest absolute Gasteiger partial charge is 0.465 e. The Balaban J connectivity index is 1.51. The summed E-state index contributed by atoms with van der Waals surface area (Å²) in [5.41, 5.74) is 1.72. The van der Waals surface area contributed by atoms with E-state index in [2.05, 4.69) is 10.6 Å². The number of amides is 3. The number of nitrogens with one attached hydrogen (secondary N) is 2. The molecular weight excluding hydrogens is 388 g/mol. The van der Waals surface area contributed by atoms with Gasteiger partial charge in [-0.1, -0.05) is 0 Å². The van der Waals surface area contributed by atoms with Gasteiger partial charge < -0.3 is 24.3 Å². The van der Waals surface area contributed by atoms with Gasteiger partial charge in [-0.2, -0.15) is 0 Å². The molecule has 3 aromatic rings. The molecule has 3 amide bonds. The Kier molecular flexibility index (Phi) is 5.18. The number of furan rings is 1. The van der Waals surface area contributed by atoms with Gasteiger partial charge in [0.15, 0.2) is 5.76 Å². The summed E-state index contributed by atoms with van der Waals surface area (Å²) >= 11 is 0. The zero-order chi connectivity index (χ0) is 21.3. The second kappa shape index (κ2) is 7.94. The normalized spacial score (nSPS) is 14.0. The van der Waals surface area contributed by atoms with Crippen LogP contribution >= 0.6 is 0 Å². The number of piperidine rings is 1. The van der Waals surface area contributed by atoms with Crippen molar-refractivity contribution in [3.63, 3.8) is 0 Å². The summed E-state index contributed by atoms with van der Waals surface area (Å²) in [6.45, 7) is 1.49. The minimum absolute atomic E-state index is 0.112. The first-order valence-electron chi connectivity index (χ1n) is 9.71. The van der Waals surface area contributed by atoms with Gasteiger partial charge in [0, 0.05) is 37.4 Å². The fourth-order valence-electron chi connectivity index (χ4n) is 3.66. The van der Waals surface area contributed by atoms with Crippen LogP contribution in [-0.4, -0.2) is 45.6 Å². The lowest BCUT2D eigenvalue weighted by Crippen LogP contribution is -2.35. The fourth-order valence-corrected chi connectivity index (χ4v) is 3.66. The van der Waals surface area contributed by atoms with Crippen molar-refractivity contribution in [1.82, 2.24) is 9.47 Å². The molecule has 2 aromatic heterocycles. The van der Waals surface area contributed by atoms with E-state index in [9.17, 15) is 14.4 Å². The maximum atomic E-state index is 12.6. The Labute approximate surface area is 172 Å². The van der Waals surface area contributed by atoms with Crippen LogP contribution in [0.15, 0.2) is 40.9 Å². The van der Waals surface area contributed by atoms with Gasteiger partial charge in [-0.15, -0.1) is 0 Å². The molecule has 30 heavy (non-hydrogen) atoms. The van der Waals surface area contributed by atoms with Gasteiger partial charge >= 0.3 is 6.09 Å². The van der Waals surface area contributed by atoms with Crippen LogP contribution in [0.3, 0.4) is 0 Å². The van der Waals surface area contributed by atoms with Crippen LogP contribution in [0, 0.1) is 0 Å². The van der Waals surface area contributed by atoms with Crippen LogP contribution in [0.5, 0.6) is 0 Å². The molecule has 0 radical (unpaired) electrons. The topological polar surface area (TPSA) is 117 Å². The summed E-state index contributed by atoms with van der Waals surface area (Å²) < 4.78 is 7.25. The number of benzene rings is 1. The number of nitrogens with zero attached hydrogens (tertiary/aromatic N) is 2. The Morgan fingerprint density at radius 2 is 1.77 bits per heavy atom. The average molecular weight is 410 g/mol. The van der Waals surface area contributed by atoms with Crippen molar-refractivity contribution in [3.05, 3.63) is 48.0 Å². The van der Waals surface area contributed by atoms with Crippen molar-refractivity contribution in [2.24, 2.45) is 7.05 Å². The molecule has 156 valence electrons. The maximum absolute atomic E-state index is 12.6.